The molecule has 2 aliphatic heterocycles. The molecule has 0 saturated carbocycles. The van der Waals surface area contributed by atoms with E-state index in [0.29, 0.717) is 12.1 Å². The Morgan fingerprint density at radius 1 is 1.24 bits per heavy atom. The van der Waals surface area contributed by atoms with E-state index in [0.717, 1.165) is 36.3 Å². The molecule has 3 N–H and O–H groups in total. The Labute approximate surface area is 124 Å². The molecule has 5 heteroatoms. The van der Waals surface area contributed by atoms with Crippen molar-refractivity contribution >= 4 is 17.3 Å². The number of nitrogens with one attached hydrogen (secondary N) is 1. The van der Waals surface area contributed by atoms with Gasteiger partial charge in [0.25, 0.3) is 0 Å². The SMILES string of the molecule is CC1CC(Oc2cc3c(cc2N)NC(=O)CC3)CC(C)O1. The van der Waals surface area contributed by atoms with Crippen LogP contribution >= 0.6 is 0 Å². The number of benzene rings is 1. The third kappa shape index (κ3) is 3.13. The predicted molar refractivity (Wildman–Crippen MR) is 81.5 cm³/mol. The number of hydrogen-bond donors (Lipinski definition) is 2. The summed E-state index contributed by atoms with van der Waals surface area (Å²) in [6, 6.07) is 3.77. The van der Waals surface area contributed by atoms with Crippen LogP contribution in [0.2, 0.25) is 0 Å². The number of nitrogens with two attached hydrogens (primary N) is 1. The summed E-state index contributed by atoms with van der Waals surface area (Å²) in [4.78, 5) is 11.4. The summed E-state index contributed by atoms with van der Waals surface area (Å²) >= 11 is 0. The molecule has 3 rings (SSSR count). The molecular weight excluding hydrogens is 268 g/mol. The van der Waals surface area contributed by atoms with Crippen LogP contribution in [0, 0.1) is 0 Å². The van der Waals surface area contributed by atoms with E-state index in [9.17, 15) is 4.79 Å². The molecule has 2 heterocycles. The van der Waals surface area contributed by atoms with Crippen LogP contribution in [0.25, 0.3) is 0 Å². The third-order valence-electron chi connectivity index (χ3n) is 4.08. The monoisotopic (exact) mass is 290 g/mol. The van der Waals surface area contributed by atoms with Gasteiger partial charge >= 0.3 is 0 Å². The Bertz CT molecular complexity index is 549. The summed E-state index contributed by atoms with van der Waals surface area (Å²) in [7, 11) is 0. The van der Waals surface area contributed by atoms with Crippen LogP contribution in [0.3, 0.4) is 0 Å². The van der Waals surface area contributed by atoms with Crippen molar-refractivity contribution in [3.8, 4) is 5.75 Å². The van der Waals surface area contributed by atoms with Crippen LogP contribution in [-0.2, 0) is 16.0 Å². The molecule has 0 radical (unpaired) electrons. The molecule has 1 amide bonds. The summed E-state index contributed by atoms with van der Waals surface area (Å²) in [5, 5.41) is 2.85. The molecule has 0 aromatic heterocycles. The number of aryl methyl sites for hydroxylation is 1. The number of rotatable bonds is 2. The van der Waals surface area contributed by atoms with Crippen molar-refractivity contribution in [2.45, 2.75) is 57.8 Å². The first-order chi connectivity index (χ1) is 10.0. The van der Waals surface area contributed by atoms with E-state index in [1.807, 2.05) is 6.07 Å². The lowest BCUT2D eigenvalue weighted by Gasteiger charge is -2.32. The standard InChI is InChI=1S/C16H22N2O3/c1-9-5-12(6-10(2)20-9)21-15-7-11-3-4-16(19)18-14(11)8-13(15)17/h7-10,12H,3-6,17H2,1-2H3,(H,18,19). The average molecular weight is 290 g/mol. The first-order valence-electron chi connectivity index (χ1n) is 7.55. The first-order valence-corrected chi connectivity index (χ1v) is 7.55. The maximum atomic E-state index is 11.4. The van der Waals surface area contributed by atoms with Gasteiger partial charge in [0, 0.05) is 24.9 Å². The molecule has 1 aromatic carbocycles. The van der Waals surface area contributed by atoms with Gasteiger partial charge in [-0.1, -0.05) is 0 Å². The second-order valence-electron chi connectivity index (χ2n) is 6.06. The second kappa shape index (κ2) is 5.56. The highest BCUT2D eigenvalue weighted by Gasteiger charge is 2.27. The lowest BCUT2D eigenvalue weighted by atomic mass is 10.0. The Morgan fingerprint density at radius 2 is 1.95 bits per heavy atom. The predicted octanol–water partition coefficient (Wildman–Crippen LogP) is 2.49. The molecule has 1 fully saturated rings. The van der Waals surface area contributed by atoms with E-state index in [1.165, 1.54) is 0 Å². The van der Waals surface area contributed by atoms with E-state index in [4.69, 9.17) is 15.2 Å². The zero-order valence-electron chi connectivity index (χ0n) is 12.5. The molecule has 0 aliphatic carbocycles. The molecule has 0 spiro atoms. The third-order valence-corrected chi connectivity index (χ3v) is 4.08. The topological polar surface area (TPSA) is 73.6 Å². The lowest BCUT2D eigenvalue weighted by Crippen LogP contribution is -2.35. The van der Waals surface area contributed by atoms with Gasteiger partial charge in [0.15, 0.2) is 0 Å². The van der Waals surface area contributed by atoms with Crippen molar-refractivity contribution in [2.24, 2.45) is 0 Å². The van der Waals surface area contributed by atoms with Crippen molar-refractivity contribution in [3.63, 3.8) is 0 Å². The van der Waals surface area contributed by atoms with Gasteiger partial charge in [-0.15, -0.1) is 0 Å². The molecule has 21 heavy (non-hydrogen) atoms. The van der Waals surface area contributed by atoms with Crippen LogP contribution in [-0.4, -0.2) is 24.2 Å². The minimum absolute atomic E-state index is 0.0441. The zero-order chi connectivity index (χ0) is 15.0. The fourth-order valence-electron chi connectivity index (χ4n) is 3.14. The van der Waals surface area contributed by atoms with Crippen LogP contribution in [0.1, 0.15) is 38.7 Å². The Balaban J connectivity index is 1.78. The number of carbonyl (C=O) groups is 1. The largest absolute Gasteiger partial charge is 0.488 e. The molecule has 2 unspecified atom stereocenters. The molecule has 1 saturated heterocycles. The quantitative estimate of drug-likeness (QED) is 0.821. The number of fused-ring (bicyclic) bond motifs is 1. The van der Waals surface area contributed by atoms with E-state index in [-0.39, 0.29) is 24.2 Å². The van der Waals surface area contributed by atoms with Gasteiger partial charge in [0.2, 0.25) is 5.91 Å². The van der Waals surface area contributed by atoms with Crippen LogP contribution < -0.4 is 15.8 Å². The van der Waals surface area contributed by atoms with Crippen molar-refractivity contribution in [3.05, 3.63) is 17.7 Å². The van der Waals surface area contributed by atoms with Crippen molar-refractivity contribution in [1.29, 1.82) is 0 Å². The van der Waals surface area contributed by atoms with Crippen LogP contribution in [0.15, 0.2) is 12.1 Å². The highest BCUT2D eigenvalue weighted by Crippen LogP contribution is 2.34. The molecule has 2 aliphatic rings. The minimum Gasteiger partial charge on any atom is -0.488 e. The van der Waals surface area contributed by atoms with Crippen molar-refractivity contribution < 1.29 is 14.3 Å². The van der Waals surface area contributed by atoms with E-state index in [2.05, 4.69) is 19.2 Å². The normalized spacial score (nSPS) is 28.7. The highest BCUT2D eigenvalue weighted by molar-refractivity contribution is 5.94. The van der Waals surface area contributed by atoms with Gasteiger partial charge in [-0.2, -0.15) is 0 Å². The van der Waals surface area contributed by atoms with Crippen molar-refractivity contribution in [2.75, 3.05) is 11.1 Å². The molecule has 1 aromatic rings. The van der Waals surface area contributed by atoms with Gasteiger partial charge in [0.05, 0.1) is 17.9 Å². The molecule has 0 bridgehead atoms. The summed E-state index contributed by atoms with van der Waals surface area (Å²) < 4.78 is 11.8. The zero-order valence-corrected chi connectivity index (χ0v) is 12.5. The van der Waals surface area contributed by atoms with E-state index in [1.54, 1.807) is 6.07 Å². The number of nitrogen functional groups attached to an aromatic ring is 1. The summed E-state index contributed by atoms with van der Waals surface area (Å²) in [5.74, 6) is 0.763. The summed E-state index contributed by atoms with van der Waals surface area (Å²) in [5.41, 5.74) is 8.54. The van der Waals surface area contributed by atoms with Crippen LogP contribution in [0.4, 0.5) is 11.4 Å². The lowest BCUT2D eigenvalue weighted by molar-refractivity contribution is -0.116. The highest BCUT2D eigenvalue weighted by atomic mass is 16.5. The number of carbonyl (C=O) groups excluding carboxylic acids is 1. The minimum atomic E-state index is 0.0441. The van der Waals surface area contributed by atoms with Gasteiger partial charge in [-0.3, -0.25) is 4.79 Å². The Kier molecular flexibility index (Phi) is 3.76. The van der Waals surface area contributed by atoms with Gasteiger partial charge in [-0.25, -0.2) is 0 Å². The molecular formula is C16H22N2O3. The summed E-state index contributed by atoms with van der Waals surface area (Å²) in [6.07, 6.45) is 3.53. The number of anilines is 2. The molecule has 114 valence electrons. The second-order valence-corrected chi connectivity index (χ2v) is 6.06. The molecule has 5 nitrogen and oxygen atoms in total. The first kappa shape index (κ1) is 14.2. The average Bonchev–Trinajstić information content (AvgIpc) is 2.38. The Hall–Kier alpha value is -1.75. The number of amides is 1. The smallest absolute Gasteiger partial charge is 0.224 e. The number of ether oxygens (including phenoxy) is 2. The van der Waals surface area contributed by atoms with E-state index >= 15 is 0 Å². The Morgan fingerprint density at radius 3 is 2.67 bits per heavy atom. The van der Waals surface area contributed by atoms with Crippen molar-refractivity contribution in [1.82, 2.24) is 0 Å². The fourth-order valence-corrected chi connectivity index (χ4v) is 3.14. The van der Waals surface area contributed by atoms with Gasteiger partial charge in [-0.05, 0) is 38.0 Å². The summed E-state index contributed by atoms with van der Waals surface area (Å²) in [6.45, 7) is 4.13. The number of hydrogen-bond acceptors (Lipinski definition) is 4. The maximum absolute atomic E-state index is 11.4. The van der Waals surface area contributed by atoms with Crippen LogP contribution in [0.5, 0.6) is 5.75 Å². The van der Waals surface area contributed by atoms with Gasteiger partial charge in [0.1, 0.15) is 11.9 Å². The maximum Gasteiger partial charge on any atom is 0.224 e. The van der Waals surface area contributed by atoms with Gasteiger partial charge < -0.3 is 20.5 Å². The van der Waals surface area contributed by atoms with E-state index < -0.39 is 0 Å². The fraction of sp³-hybridized carbons (Fsp3) is 0.562. The molecule has 2 atom stereocenters.